The van der Waals surface area contributed by atoms with Crippen LogP contribution in [0.25, 0.3) is 0 Å². The Bertz CT molecular complexity index is 380. The minimum atomic E-state index is -0.196. The number of hydrogen-bond acceptors (Lipinski definition) is 1. The fourth-order valence-corrected chi connectivity index (χ4v) is 2.86. The molecule has 1 nitrogen and oxygen atoms in total. The van der Waals surface area contributed by atoms with Gasteiger partial charge in [0.1, 0.15) is 5.82 Å². The molecule has 2 rings (SSSR count). The van der Waals surface area contributed by atoms with Gasteiger partial charge < -0.3 is 5.32 Å². The highest BCUT2D eigenvalue weighted by Gasteiger charge is 2.20. The van der Waals surface area contributed by atoms with Crippen molar-refractivity contribution in [1.29, 1.82) is 0 Å². The molecule has 0 bridgehead atoms. The molecule has 3 heteroatoms. The van der Waals surface area contributed by atoms with Gasteiger partial charge in [-0.05, 0) is 52.9 Å². The standard InChI is InChI=1S/C14H19BrFN/c1-2-10-4-3-5-11(8-10)17-12-6-7-13(15)14(16)9-12/h6-7,9-11,17H,2-5,8H2,1H3. The monoisotopic (exact) mass is 299 g/mol. The van der Waals surface area contributed by atoms with Crippen molar-refractivity contribution in [2.75, 3.05) is 5.32 Å². The second-order valence-electron chi connectivity index (χ2n) is 4.91. The molecule has 1 fully saturated rings. The minimum Gasteiger partial charge on any atom is -0.382 e. The number of halogens is 2. The van der Waals surface area contributed by atoms with Crippen molar-refractivity contribution in [2.45, 2.75) is 45.1 Å². The molecule has 1 N–H and O–H groups in total. The molecule has 17 heavy (non-hydrogen) atoms. The number of rotatable bonds is 3. The second kappa shape index (κ2) is 5.85. The number of anilines is 1. The summed E-state index contributed by atoms with van der Waals surface area (Å²) in [4.78, 5) is 0. The Kier molecular flexibility index (Phi) is 4.43. The molecule has 0 heterocycles. The molecule has 1 aromatic carbocycles. The fourth-order valence-electron chi connectivity index (χ4n) is 2.61. The Balaban J connectivity index is 1.97. The molecule has 0 aromatic heterocycles. The molecule has 2 unspecified atom stereocenters. The number of benzene rings is 1. The van der Waals surface area contributed by atoms with Gasteiger partial charge in [0.15, 0.2) is 0 Å². The van der Waals surface area contributed by atoms with E-state index in [4.69, 9.17) is 0 Å². The molecule has 2 atom stereocenters. The highest BCUT2D eigenvalue weighted by Crippen LogP contribution is 2.29. The van der Waals surface area contributed by atoms with Gasteiger partial charge in [0.25, 0.3) is 0 Å². The largest absolute Gasteiger partial charge is 0.382 e. The van der Waals surface area contributed by atoms with Crippen LogP contribution in [0.1, 0.15) is 39.0 Å². The average molecular weight is 300 g/mol. The fraction of sp³-hybridized carbons (Fsp3) is 0.571. The van der Waals surface area contributed by atoms with Crippen LogP contribution in [0.5, 0.6) is 0 Å². The lowest BCUT2D eigenvalue weighted by Crippen LogP contribution is -2.27. The van der Waals surface area contributed by atoms with Crippen LogP contribution in [0.4, 0.5) is 10.1 Å². The second-order valence-corrected chi connectivity index (χ2v) is 5.77. The zero-order valence-corrected chi connectivity index (χ0v) is 11.8. The normalized spacial score (nSPS) is 24.6. The van der Waals surface area contributed by atoms with E-state index in [1.807, 2.05) is 6.07 Å². The molecular formula is C14H19BrFN. The van der Waals surface area contributed by atoms with Gasteiger partial charge in [-0.2, -0.15) is 0 Å². The SMILES string of the molecule is CCC1CCCC(Nc2ccc(Br)c(F)c2)C1. The van der Waals surface area contributed by atoms with Gasteiger partial charge >= 0.3 is 0 Å². The zero-order chi connectivity index (χ0) is 12.3. The van der Waals surface area contributed by atoms with Crippen LogP contribution < -0.4 is 5.32 Å². The lowest BCUT2D eigenvalue weighted by molar-refractivity contribution is 0.327. The van der Waals surface area contributed by atoms with Crippen molar-refractivity contribution in [2.24, 2.45) is 5.92 Å². The van der Waals surface area contributed by atoms with Crippen LogP contribution >= 0.6 is 15.9 Å². The maximum Gasteiger partial charge on any atom is 0.139 e. The van der Waals surface area contributed by atoms with Crippen molar-refractivity contribution in [3.63, 3.8) is 0 Å². The molecule has 0 amide bonds. The van der Waals surface area contributed by atoms with Gasteiger partial charge in [0, 0.05) is 11.7 Å². The Morgan fingerprint density at radius 3 is 2.94 bits per heavy atom. The number of nitrogens with one attached hydrogen (secondary N) is 1. The van der Waals surface area contributed by atoms with Gasteiger partial charge in [-0.3, -0.25) is 0 Å². The predicted molar refractivity (Wildman–Crippen MR) is 73.8 cm³/mol. The first-order valence-corrected chi connectivity index (χ1v) is 7.20. The van der Waals surface area contributed by atoms with E-state index in [2.05, 4.69) is 28.2 Å². The van der Waals surface area contributed by atoms with E-state index in [1.165, 1.54) is 32.1 Å². The summed E-state index contributed by atoms with van der Waals surface area (Å²) >= 11 is 3.17. The van der Waals surface area contributed by atoms with Crippen molar-refractivity contribution < 1.29 is 4.39 Å². The van der Waals surface area contributed by atoms with E-state index in [0.717, 1.165) is 11.6 Å². The first-order chi connectivity index (χ1) is 8.19. The lowest BCUT2D eigenvalue weighted by Gasteiger charge is -2.29. The maximum atomic E-state index is 13.4. The highest BCUT2D eigenvalue weighted by atomic mass is 79.9. The van der Waals surface area contributed by atoms with E-state index in [9.17, 15) is 4.39 Å². The van der Waals surface area contributed by atoms with E-state index in [0.29, 0.717) is 10.5 Å². The molecule has 0 spiro atoms. The molecule has 1 aliphatic rings. The molecule has 0 aliphatic heterocycles. The summed E-state index contributed by atoms with van der Waals surface area (Å²) in [6.45, 7) is 2.26. The molecule has 94 valence electrons. The maximum absolute atomic E-state index is 13.4. The highest BCUT2D eigenvalue weighted by molar-refractivity contribution is 9.10. The molecule has 0 radical (unpaired) electrons. The van der Waals surface area contributed by atoms with Crippen molar-refractivity contribution in [3.8, 4) is 0 Å². The summed E-state index contributed by atoms with van der Waals surface area (Å²) in [6, 6.07) is 5.77. The molecule has 1 aliphatic carbocycles. The minimum absolute atomic E-state index is 0.196. The summed E-state index contributed by atoms with van der Waals surface area (Å²) in [5.41, 5.74) is 0.896. The molecule has 0 saturated heterocycles. The topological polar surface area (TPSA) is 12.0 Å². The zero-order valence-electron chi connectivity index (χ0n) is 10.2. The van der Waals surface area contributed by atoms with Crippen molar-refractivity contribution in [1.82, 2.24) is 0 Å². The van der Waals surface area contributed by atoms with Crippen LogP contribution in [0, 0.1) is 11.7 Å². The van der Waals surface area contributed by atoms with Crippen LogP contribution in [0.3, 0.4) is 0 Å². The molecule has 1 saturated carbocycles. The summed E-state index contributed by atoms with van der Waals surface area (Å²) in [5.74, 6) is 0.638. The average Bonchev–Trinajstić information content (AvgIpc) is 2.34. The van der Waals surface area contributed by atoms with E-state index in [1.54, 1.807) is 12.1 Å². The first kappa shape index (κ1) is 12.9. The summed E-state index contributed by atoms with van der Waals surface area (Å²) in [7, 11) is 0. The third-order valence-corrected chi connectivity index (χ3v) is 4.29. The third-order valence-electron chi connectivity index (χ3n) is 3.65. The third kappa shape index (κ3) is 3.44. The van der Waals surface area contributed by atoms with Gasteiger partial charge in [-0.1, -0.05) is 26.2 Å². The van der Waals surface area contributed by atoms with E-state index >= 15 is 0 Å². The predicted octanol–water partition coefficient (Wildman–Crippen LogP) is 4.97. The van der Waals surface area contributed by atoms with Crippen LogP contribution in [-0.2, 0) is 0 Å². The Morgan fingerprint density at radius 2 is 2.24 bits per heavy atom. The van der Waals surface area contributed by atoms with Gasteiger partial charge in [0.2, 0.25) is 0 Å². The van der Waals surface area contributed by atoms with Gasteiger partial charge in [-0.15, -0.1) is 0 Å². The summed E-state index contributed by atoms with van der Waals surface area (Å²) in [5, 5.41) is 3.45. The van der Waals surface area contributed by atoms with E-state index in [-0.39, 0.29) is 5.82 Å². The Labute approximate surface area is 111 Å². The van der Waals surface area contributed by atoms with Gasteiger partial charge in [-0.25, -0.2) is 4.39 Å². The van der Waals surface area contributed by atoms with Crippen LogP contribution in [-0.4, -0.2) is 6.04 Å². The Morgan fingerprint density at radius 1 is 1.41 bits per heavy atom. The summed E-state index contributed by atoms with van der Waals surface area (Å²) in [6.07, 6.45) is 6.31. The van der Waals surface area contributed by atoms with Crippen LogP contribution in [0.2, 0.25) is 0 Å². The lowest BCUT2D eigenvalue weighted by atomic mass is 9.84. The van der Waals surface area contributed by atoms with Crippen molar-refractivity contribution in [3.05, 3.63) is 28.5 Å². The van der Waals surface area contributed by atoms with Crippen molar-refractivity contribution >= 4 is 21.6 Å². The quantitative estimate of drug-likeness (QED) is 0.831. The number of hydrogen-bond donors (Lipinski definition) is 1. The smallest absolute Gasteiger partial charge is 0.139 e. The van der Waals surface area contributed by atoms with E-state index < -0.39 is 0 Å². The Hall–Kier alpha value is -0.570. The van der Waals surface area contributed by atoms with Gasteiger partial charge in [0.05, 0.1) is 4.47 Å². The first-order valence-electron chi connectivity index (χ1n) is 6.40. The van der Waals surface area contributed by atoms with Crippen LogP contribution in [0.15, 0.2) is 22.7 Å². The molecular weight excluding hydrogens is 281 g/mol. The summed E-state index contributed by atoms with van der Waals surface area (Å²) < 4.78 is 13.9. The molecule has 1 aromatic rings.